The normalized spacial score (nSPS) is 10.1. The summed E-state index contributed by atoms with van der Waals surface area (Å²) < 4.78 is 0. The van der Waals surface area contributed by atoms with E-state index in [-0.39, 0.29) is 5.91 Å². The lowest BCUT2D eigenvalue weighted by atomic mass is 10.1. The van der Waals surface area contributed by atoms with Crippen LogP contribution in [0, 0.1) is 0 Å². The maximum atomic E-state index is 12.2. The van der Waals surface area contributed by atoms with Gasteiger partial charge in [0.25, 0.3) is 5.91 Å². The van der Waals surface area contributed by atoms with E-state index in [0.717, 1.165) is 24.1 Å². The Morgan fingerprint density at radius 2 is 2.05 bits per heavy atom. The van der Waals surface area contributed by atoms with Crippen molar-refractivity contribution in [3.05, 3.63) is 47.9 Å². The van der Waals surface area contributed by atoms with E-state index in [1.54, 1.807) is 13.2 Å². The van der Waals surface area contributed by atoms with E-state index in [9.17, 15) is 4.79 Å². The minimum atomic E-state index is -0.252. The van der Waals surface area contributed by atoms with Gasteiger partial charge in [0, 0.05) is 12.7 Å². The summed E-state index contributed by atoms with van der Waals surface area (Å²) in [5.74, 6) is 0.317. The number of aryl methyl sites for hydroxylation is 1. The van der Waals surface area contributed by atoms with Gasteiger partial charge < -0.3 is 10.6 Å². The van der Waals surface area contributed by atoms with Gasteiger partial charge in [0.1, 0.15) is 11.5 Å². The van der Waals surface area contributed by atoms with Crippen LogP contribution in [0.15, 0.2) is 36.7 Å². The third kappa shape index (κ3) is 3.32. The van der Waals surface area contributed by atoms with Crippen LogP contribution < -0.4 is 10.6 Å². The quantitative estimate of drug-likeness (QED) is 0.876. The molecule has 1 heterocycles. The van der Waals surface area contributed by atoms with Gasteiger partial charge >= 0.3 is 0 Å². The Labute approximate surface area is 118 Å². The van der Waals surface area contributed by atoms with Gasteiger partial charge in [-0.3, -0.25) is 9.78 Å². The largest absolute Gasteiger partial charge is 0.372 e. The second-order valence-corrected chi connectivity index (χ2v) is 4.40. The zero-order chi connectivity index (χ0) is 14.4. The molecule has 20 heavy (non-hydrogen) atoms. The number of nitrogens with one attached hydrogen (secondary N) is 2. The van der Waals surface area contributed by atoms with E-state index in [4.69, 9.17) is 0 Å². The molecule has 0 atom stereocenters. The average molecular weight is 270 g/mol. The van der Waals surface area contributed by atoms with Crippen LogP contribution in [0.1, 0.15) is 29.4 Å². The fourth-order valence-electron chi connectivity index (χ4n) is 1.91. The van der Waals surface area contributed by atoms with Gasteiger partial charge in [-0.25, -0.2) is 4.98 Å². The summed E-state index contributed by atoms with van der Waals surface area (Å²) in [6, 6.07) is 7.81. The number of aromatic nitrogens is 2. The van der Waals surface area contributed by atoms with E-state index in [0.29, 0.717) is 11.5 Å². The number of carbonyl (C=O) groups excluding carboxylic acids is 1. The molecule has 0 saturated heterocycles. The molecular weight excluding hydrogens is 252 g/mol. The molecule has 0 aliphatic rings. The Morgan fingerprint density at radius 1 is 1.25 bits per heavy atom. The maximum absolute atomic E-state index is 12.2. The van der Waals surface area contributed by atoms with Crippen LogP contribution >= 0.6 is 0 Å². The second kappa shape index (κ2) is 6.65. The van der Waals surface area contributed by atoms with Crippen LogP contribution in [0.25, 0.3) is 0 Å². The van der Waals surface area contributed by atoms with E-state index in [1.807, 2.05) is 24.3 Å². The van der Waals surface area contributed by atoms with Crippen molar-refractivity contribution in [3.8, 4) is 0 Å². The first-order valence-electron chi connectivity index (χ1n) is 6.63. The highest BCUT2D eigenvalue weighted by Crippen LogP contribution is 2.17. The summed E-state index contributed by atoms with van der Waals surface area (Å²) in [4.78, 5) is 20.4. The number of hydrogen-bond acceptors (Lipinski definition) is 4. The lowest BCUT2D eigenvalue weighted by molar-refractivity contribution is 0.102. The second-order valence-electron chi connectivity index (χ2n) is 4.40. The van der Waals surface area contributed by atoms with Crippen molar-refractivity contribution in [2.24, 2.45) is 0 Å². The minimum Gasteiger partial charge on any atom is -0.372 e. The predicted molar refractivity (Wildman–Crippen MR) is 80.0 cm³/mol. The molecular formula is C15H18N4O. The number of benzene rings is 1. The molecule has 5 heteroatoms. The molecule has 0 bridgehead atoms. The zero-order valence-electron chi connectivity index (χ0n) is 11.7. The molecule has 2 rings (SSSR count). The number of para-hydroxylation sites is 1. The lowest BCUT2D eigenvalue weighted by Gasteiger charge is -2.10. The molecule has 0 saturated carbocycles. The topological polar surface area (TPSA) is 66.9 Å². The van der Waals surface area contributed by atoms with E-state index in [1.165, 1.54) is 6.20 Å². The summed E-state index contributed by atoms with van der Waals surface area (Å²) in [5, 5.41) is 5.76. The monoisotopic (exact) mass is 270 g/mol. The first-order chi connectivity index (χ1) is 9.74. The summed E-state index contributed by atoms with van der Waals surface area (Å²) in [7, 11) is 1.74. The highest BCUT2D eigenvalue weighted by atomic mass is 16.1. The molecule has 2 N–H and O–H groups in total. The number of rotatable bonds is 5. The van der Waals surface area contributed by atoms with Gasteiger partial charge in [0.15, 0.2) is 0 Å². The Bertz CT molecular complexity index is 598. The minimum absolute atomic E-state index is 0.252. The Kier molecular flexibility index (Phi) is 4.65. The van der Waals surface area contributed by atoms with Crippen molar-refractivity contribution in [2.75, 3.05) is 17.7 Å². The lowest BCUT2D eigenvalue weighted by Crippen LogP contribution is -2.15. The fourth-order valence-corrected chi connectivity index (χ4v) is 1.91. The Balaban J connectivity index is 2.19. The molecule has 1 aromatic carbocycles. The Morgan fingerprint density at radius 3 is 2.80 bits per heavy atom. The molecule has 0 spiro atoms. The standard InChI is InChI=1S/C15H18N4O/c1-3-6-11-7-4-5-8-12(11)19-15(20)13-9-17-10-14(16-2)18-13/h4-5,7-10H,3,6H2,1-2H3,(H,16,18)(H,19,20). The fraction of sp³-hybridized carbons (Fsp3) is 0.267. The van der Waals surface area contributed by atoms with E-state index >= 15 is 0 Å². The van der Waals surface area contributed by atoms with Crippen LogP contribution in [-0.4, -0.2) is 22.9 Å². The Hall–Kier alpha value is -2.43. The van der Waals surface area contributed by atoms with Gasteiger partial charge in [-0.1, -0.05) is 31.5 Å². The van der Waals surface area contributed by atoms with Crippen LogP contribution in [0.2, 0.25) is 0 Å². The van der Waals surface area contributed by atoms with Crippen molar-refractivity contribution in [2.45, 2.75) is 19.8 Å². The number of hydrogen-bond donors (Lipinski definition) is 2. The van der Waals surface area contributed by atoms with Gasteiger partial charge in [0.05, 0.1) is 12.4 Å². The summed E-state index contributed by atoms with van der Waals surface area (Å²) in [5.41, 5.74) is 2.25. The number of anilines is 2. The number of amides is 1. The molecule has 0 unspecified atom stereocenters. The molecule has 0 fully saturated rings. The SMILES string of the molecule is CCCc1ccccc1NC(=O)c1cncc(NC)n1. The van der Waals surface area contributed by atoms with Crippen LogP contribution in [-0.2, 0) is 6.42 Å². The van der Waals surface area contributed by atoms with Gasteiger partial charge in [-0.05, 0) is 18.1 Å². The summed E-state index contributed by atoms with van der Waals surface area (Å²) in [6.07, 6.45) is 4.99. The van der Waals surface area contributed by atoms with Crippen LogP contribution in [0.4, 0.5) is 11.5 Å². The molecule has 2 aromatic rings. The molecule has 1 aromatic heterocycles. The molecule has 5 nitrogen and oxygen atoms in total. The summed E-state index contributed by atoms with van der Waals surface area (Å²) in [6.45, 7) is 2.11. The predicted octanol–water partition coefficient (Wildman–Crippen LogP) is 2.72. The molecule has 0 radical (unpaired) electrons. The first-order valence-corrected chi connectivity index (χ1v) is 6.63. The van der Waals surface area contributed by atoms with Gasteiger partial charge in [-0.2, -0.15) is 0 Å². The maximum Gasteiger partial charge on any atom is 0.275 e. The van der Waals surface area contributed by atoms with Crippen molar-refractivity contribution in [3.63, 3.8) is 0 Å². The van der Waals surface area contributed by atoms with E-state index < -0.39 is 0 Å². The van der Waals surface area contributed by atoms with Crippen molar-refractivity contribution >= 4 is 17.4 Å². The highest BCUT2D eigenvalue weighted by molar-refractivity contribution is 6.03. The van der Waals surface area contributed by atoms with Crippen LogP contribution in [0.3, 0.4) is 0 Å². The number of nitrogens with zero attached hydrogens (tertiary/aromatic N) is 2. The third-order valence-electron chi connectivity index (χ3n) is 2.91. The smallest absolute Gasteiger partial charge is 0.275 e. The molecule has 0 aliphatic carbocycles. The third-order valence-corrected chi connectivity index (χ3v) is 2.91. The highest BCUT2D eigenvalue weighted by Gasteiger charge is 2.10. The van der Waals surface area contributed by atoms with E-state index in [2.05, 4.69) is 27.5 Å². The van der Waals surface area contributed by atoms with Crippen molar-refractivity contribution in [1.29, 1.82) is 0 Å². The van der Waals surface area contributed by atoms with Crippen molar-refractivity contribution in [1.82, 2.24) is 9.97 Å². The first kappa shape index (κ1) is 14.0. The number of carbonyl (C=O) groups is 1. The molecule has 104 valence electrons. The van der Waals surface area contributed by atoms with Crippen LogP contribution in [0.5, 0.6) is 0 Å². The average Bonchev–Trinajstić information content (AvgIpc) is 2.49. The zero-order valence-corrected chi connectivity index (χ0v) is 11.7. The molecule has 1 amide bonds. The van der Waals surface area contributed by atoms with Crippen molar-refractivity contribution < 1.29 is 4.79 Å². The van der Waals surface area contributed by atoms with Gasteiger partial charge in [-0.15, -0.1) is 0 Å². The molecule has 0 aliphatic heterocycles. The van der Waals surface area contributed by atoms with Gasteiger partial charge in [0.2, 0.25) is 0 Å². The summed E-state index contributed by atoms with van der Waals surface area (Å²) >= 11 is 0.